The highest BCUT2D eigenvalue weighted by atomic mass is 28.3. The summed E-state index contributed by atoms with van der Waals surface area (Å²) < 4.78 is 45.3. The highest BCUT2D eigenvalue weighted by molar-refractivity contribution is 7.20. The second kappa shape index (κ2) is 15.8. The molecule has 2 heterocycles. The van der Waals surface area contributed by atoms with E-state index in [2.05, 4.69) is 233 Å². The molecule has 0 unspecified atom stereocenters. The van der Waals surface area contributed by atoms with Crippen LogP contribution in [-0.2, 0) is 5.41 Å². The molecule has 0 bridgehead atoms. The van der Waals surface area contributed by atoms with Crippen molar-refractivity contribution in [2.75, 3.05) is 9.80 Å². The van der Waals surface area contributed by atoms with E-state index >= 15 is 0 Å². The van der Waals surface area contributed by atoms with E-state index in [1.54, 1.807) is 0 Å². The van der Waals surface area contributed by atoms with Gasteiger partial charge in [0.1, 0.15) is 0 Å². The van der Waals surface area contributed by atoms with Crippen LogP contribution < -0.4 is 46.9 Å². The van der Waals surface area contributed by atoms with Crippen LogP contribution in [0, 0.1) is 20.8 Å². The van der Waals surface area contributed by atoms with Gasteiger partial charge in [0.05, 0.1) is 12.5 Å². The van der Waals surface area contributed by atoms with Crippen molar-refractivity contribution in [1.29, 1.82) is 0 Å². The van der Waals surface area contributed by atoms with Crippen LogP contribution in [0.4, 0.5) is 34.1 Å². The van der Waals surface area contributed by atoms with Gasteiger partial charge < -0.3 is 9.80 Å². The number of anilines is 6. The average molecular weight is 858 g/mol. The van der Waals surface area contributed by atoms with Crippen molar-refractivity contribution in [2.24, 2.45) is 0 Å². The minimum absolute atomic E-state index is 0.180. The molecule has 0 fully saturated rings. The number of aryl methyl sites for hydroxylation is 3. The molecule has 0 saturated carbocycles. The fraction of sp³-hybridized carbons (Fsp3) is 0.115. The molecule has 9 aromatic carbocycles. The first-order valence-corrected chi connectivity index (χ1v) is 24.6. The molecule has 0 aliphatic carbocycles. The van der Waals surface area contributed by atoms with Gasteiger partial charge in [0, 0.05) is 34.0 Å². The monoisotopic (exact) mass is 857 g/mol. The molecule has 4 heteroatoms. The lowest BCUT2D eigenvalue weighted by Crippen LogP contribution is -2.75. The van der Waals surface area contributed by atoms with Crippen molar-refractivity contribution < 1.29 is 6.85 Å². The Morgan fingerprint density at radius 2 is 0.969 bits per heavy atom. The second-order valence-electron chi connectivity index (χ2n) is 18.8. The molecular weight excluding hydrogens is 800 g/mol. The third-order valence-electron chi connectivity index (χ3n) is 13.6. The molecule has 0 amide bonds. The summed E-state index contributed by atoms with van der Waals surface area (Å²) in [6, 6.07) is 65.2. The smallest absolute Gasteiger partial charge is 0.252 e. The topological polar surface area (TPSA) is 6.48 Å². The molecule has 0 saturated heterocycles. The quantitative estimate of drug-likeness (QED) is 0.116. The number of fused-ring (bicyclic) bond motifs is 4. The normalized spacial score (nSPS) is 14.1. The fourth-order valence-corrected chi connectivity index (χ4v) is 15.4. The van der Waals surface area contributed by atoms with E-state index < -0.39 is 14.1 Å². The summed E-state index contributed by atoms with van der Waals surface area (Å²) in [5.74, 6) is 0. The van der Waals surface area contributed by atoms with Gasteiger partial charge >= 0.3 is 0 Å². The van der Waals surface area contributed by atoms with E-state index in [1.165, 1.54) is 37.3 Å². The van der Waals surface area contributed by atoms with Crippen molar-refractivity contribution in [2.45, 2.75) is 47.0 Å². The Morgan fingerprint density at radius 1 is 0.446 bits per heavy atom. The van der Waals surface area contributed by atoms with Crippen molar-refractivity contribution >= 4 is 86.0 Å². The standard InChI is InChI=1S/C61H53BN2Si/c1-42-27-31-47(32-28-42)63-56-34-29-43(2)37-53(56)62-54-41-51(65(48-21-13-8-14-22-48,49-23-15-9-16-24-49)50-25-17-10-18-26-50)33-36-57(54)64(59-39-44(3)38-58(63)60(59)62)55-35-30-46(61(4,5)6)40-52(55)45-19-11-7-12-20-45/h7-41H,1-6H3/i7D,11D,12D,19D,20D. The van der Waals surface area contributed by atoms with Crippen molar-refractivity contribution in [3.8, 4) is 11.1 Å². The van der Waals surface area contributed by atoms with Gasteiger partial charge in [-0.25, -0.2) is 0 Å². The molecule has 65 heavy (non-hydrogen) atoms. The van der Waals surface area contributed by atoms with Crippen molar-refractivity contribution in [3.63, 3.8) is 0 Å². The lowest BCUT2D eigenvalue weighted by molar-refractivity contribution is 0.590. The summed E-state index contributed by atoms with van der Waals surface area (Å²) in [7, 11) is -3.04. The van der Waals surface area contributed by atoms with Crippen LogP contribution in [0.1, 0.15) is 49.9 Å². The molecule has 0 aromatic heterocycles. The SMILES string of the molecule is [2H]c1c([2H])c([2H])c(-c2cc(C(C)(C)C)ccc2N2c3ccc([Si](c4ccccc4)(c4ccccc4)c4ccccc4)cc3B3c4cc(C)ccc4N(c4ccc(C)cc4)c4cc(C)cc2c43)c([2H])c1[2H]. The van der Waals surface area contributed by atoms with Crippen LogP contribution in [0.5, 0.6) is 0 Å². The molecule has 314 valence electrons. The van der Waals surface area contributed by atoms with Gasteiger partial charge in [0.15, 0.2) is 8.07 Å². The number of benzene rings is 9. The van der Waals surface area contributed by atoms with Gasteiger partial charge in [0.2, 0.25) is 0 Å². The van der Waals surface area contributed by atoms with Crippen LogP contribution >= 0.6 is 0 Å². The van der Waals surface area contributed by atoms with E-state index in [1.807, 2.05) is 0 Å². The first-order chi connectivity index (χ1) is 33.7. The molecule has 0 N–H and O–H groups in total. The third-order valence-corrected chi connectivity index (χ3v) is 18.4. The molecular formula is C61H53BN2Si. The Bertz CT molecular complexity index is 3400. The predicted molar refractivity (Wildman–Crippen MR) is 282 cm³/mol. The van der Waals surface area contributed by atoms with Crippen molar-refractivity contribution in [1.82, 2.24) is 0 Å². The Kier molecular flexibility index (Phi) is 8.58. The van der Waals surface area contributed by atoms with E-state index in [9.17, 15) is 2.74 Å². The summed E-state index contributed by atoms with van der Waals surface area (Å²) in [6.45, 7) is 12.7. The lowest BCUT2D eigenvalue weighted by Gasteiger charge is -2.45. The summed E-state index contributed by atoms with van der Waals surface area (Å²) in [6.07, 6.45) is 0. The van der Waals surface area contributed by atoms with Gasteiger partial charge in [-0.1, -0.05) is 196 Å². The van der Waals surface area contributed by atoms with Crippen LogP contribution in [0.3, 0.4) is 0 Å². The second-order valence-corrected chi connectivity index (χ2v) is 22.6. The summed E-state index contributed by atoms with van der Waals surface area (Å²) in [4.78, 5) is 4.74. The highest BCUT2D eigenvalue weighted by Crippen LogP contribution is 2.47. The molecule has 0 atom stereocenters. The maximum absolute atomic E-state index is 9.43. The molecule has 2 aliphatic heterocycles. The maximum atomic E-state index is 9.43. The predicted octanol–water partition coefficient (Wildman–Crippen LogP) is 11.0. The van der Waals surface area contributed by atoms with Crippen LogP contribution in [0.15, 0.2) is 212 Å². The summed E-state index contributed by atoms with van der Waals surface area (Å²) in [5.41, 5.74) is 14.3. The Labute approximate surface area is 393 Å². The van der Waals surface area contributed by atoms with Gasteiger partial charge in [-0.2, -0.15) is 0 Å². The first kappa shape index (κ1) is 35.2. The van der Waals surface area contributed by atoms with Gasteiger partial charge in [0.25, 0.3) is 6.71 Å². The zero-order valence-corrected chi connectivity index (χ0v) is 38.8. The molecule has 9 aromatic rings. The van der Waals surface area contributed by atoms with E-state index in [-0.39, 0.29) is 41.9 Å². The van der Waals surface area contributed by atoms with Crippen molar-refractivity contribution in [3.05, 3.63) is 234 Å². The summed E-state index contributed by atoms with van der Waals surface area (Å²) in [5, 5.41) is 5.09. The van der Waals surface area contributed by atoms with Crippen LogP contribution in [0.25, 0.3) is 11.1 Å². The van der Waals surface area contributed by atoms with Crippen LogP contribution in [-0.4, -0.2) is 14.8 Å². The maximum Gasteiger partial charge on any atom is 0.252 e. The lowest BCUT2D eigenvalue weighted by atomic mass is 9.33. The van der Waals surface area contributed by atoms with E-state index in [0.29, 0.717) is 5.56 Å². The van der Waals surface area contributed by atoms with Gasteiger partial charge in [-0.15, -0.1) is 0 Å². The molecule has 0 spiro atoms. The number of hydrogen-bond donors (Lipinski definition) is 0. The number of nitrogens with zero attached hydrogens (tertiary/aromatic N) is 2. The third kappa shape index (κ3) is 6.70. The minimum Gasteiger partial charge on any atom is -0.311 e. The van der Waals surface area contributed by atoms with Gasteiger partial charge in [-0.3, -0.25) is 0 Å². The molecule has 0 radical (unpaired) electrons. The number of rotatable bonds is 7. The Morgan fingerprint density at radius 3 is 1.57 bits per heavy atom. The molecule has 11 rings (SSSR count). The van der Waals surface area contributed by atoms with Gasteiger partial charge in [-0.05, 0) is 129 Å². The van der Waals surface area contributed by atoms with Crippen LogP contribution in [0.2, 0.25) is 0 Å². The Balaban J connectivity index is 1.30. The first-order valence-electron chi connectivity index (χ1n) is 25.1. The zero-order chi connectivity index (χ0) is 48.8. The molecule has 2 nitrogen and oxygen atoms in total. The minimum atomic E-state index is -3.04. The average Bonchev–Trinajstić information content (AvgIpc) is 3.36. The zero-order valence-electron chi connectivity index (χ0n) is 42.8. The Hall–Kier alpha value is -7.14. The van der Waals surface area contributed by atoms with E-state index in [4.69, 9.17) is 4.11 Å². The van der Waals surface area contributed by atoms with E-state index in [0.717, 1.165) is 56.2 Å². The highest BCUT2D eigenvalue weighted by Gasteiger charge is 2.47. The fourth-order valence-electron chi connectivity index (χ4n) is 10.6. The largest absolute Gasteiger partial charge is 0.311 e. The molecule has 2 aliphatic rings. The number of hydrogen-bond acceptors (Lipinski definition) is 2. The summed E-state index contributed by atoms with van der Waals surface area (Å²) >= 11 is 0.